The highest BCUT2D eigenvalue weighted by Crippen LogP contribution is 2.47. The van der Waals surface area contributed by atoms with Gasteiger partial charge in [0.2, 0.25) is 0 Å². The summed E-state index contributed by atoms with van der Waals surface area (Å²) in [4.78, 5) is 47.4. The highest BCUT2D eigenvalue weighted by atomic mass is 31.0. The molecule has 3 unspecified atom stereocenters. The van der Waals surface area contributed by atoms with Crippen molar-refractivity contribution in [3.05, 3.63) is 134 Å². The zero-order chi connectivity index (χ0) is 38.0. The Morgan fingerprint density at radius 3 is 1.96 bits per heavy atom. The molecule has 14 heteroatoms. The third-order valence-electron chi connectivity index (χ3n) is 10.4. The average molecular weight is 756 g/mol. The van der Waals surface area contributed by atoms with E-state index in [9.17, 15) is 19.7 Å². The smallest absolute Gasteiger partial charge is 0.270 e. The molecule has 4 aliphatic rings. The van der Waals surface area contributed by atoms with Gasteiger partial charge in [0.25, 0.3) is 17.5 Å². The molecule has 0 spiro atoms. The van der Waals surface area contributed by atoms with E-state index < -0.39 is 4.92 Å². The van der Waals surface area contributed by atoms with Crippen molar-refractivity contribution in [3.63, 3.8) is 0 Å². The second-order valence-corrected chi connectivity index (χ2v) is 14.2. The number of non-ortho nitro benzene ring substituents is 1. The lowest BCUT2D eigenvalue weighted by Gasteiger charge is -2.40. The SMILES string of the molecule is COc1cc2c(cc1OCc1cc(COc3cc4c(cc3OC)C(=O)N3c5ccccc5CC3N4P)cc([N+](=O)[O-])c1)N=CC1Cc3ccccc3N1C2=O. The number of anilines is 3. The van der Waals surface area contributed by atoms with E-state index in [4.69, 9.17) is 18.9 Å². The van der Waals surface area contributed by atoms with Crippen molar-refractivity contribution in [2.45, 2.75) is 38.3 Å². The molecule has 0 N–H and O–H groups in total. The molecule has 4 heterocycles. The number of hydrogen-bond donors (Lipinski definition) is 0. The molecular formula is C41H34N5O8P. The van der Waals surface area contributed by atoms with E-state index in [2.05, 4.69) is 14.4 Å². The van der Waals surface area contributed by atoms with Crippen molar-refractivity contribution in [2.75, 3.05) is 28.7 Å². The molecule has 5 aromatic rings. The van der Waals surface area contributed by atoms with Crippen LogP contribution in [0.25, 0.3) is 0 Å². The summed E-state index contributed by atoms with van der Waals surface area (Å²) >= 11 is 0. The number of hydrogen-bond acceptors (Lipinski definition) is 10. The molecule has 55 heavy (non-hydrogen) atoms. The fourth-order valence-corrected chi connectivity index (χ4v) is 8.31. The van der Waals surface area contributed by atoms with E-state index in [-0.39, 0.29) is 42.9 Å². The Kier molecular flexibility index (Phi) is 8.38. The van der Waals surface area contributed by atoms with Crippen LogP contribution in [0.4, 0.5) is 28.4 Å². The van der Waals surface area contributed by atoms with Crippen LogP contribution in [0.5, 0.6) is 23.0 Å². The van der Waals surface area contributed by atoms with Crippen molar-refractivity contribution < 1.29 is 33.5 Å². The van der Waals surface area contributed by atoms with Gasteiger partial charge < -0.3 is 23.6 Å². The van der Waals surface area contributed by atoms with Crippen LogP contribution in [0, 0.1) is 10.1 Å². The number of benzene rings is 5. The predicted octanol–water partition coefficient (Wildman–Crippen LogP) is 7.20. The van der Waals surface area contributed by atoms with Crippen LogP contribution in [0.15, 0.2) is 96.0 Å². The Labute approximate surface area is 318 Å². The van der Waals surface area contributed by atoms with Crippen molar-refractivity contribution >= 4 is 55.9 Å². The predicted molar refractivity (Wildman–Crippen MR) is 210 cm³/mol. The lowest BCUT2D eigenvalue weighted by molar-refractivity contribution is -0.385. The minimum absolute atomic E-state index is 0.0323. The van der Waals surface area contributed by atoms with Gasteiger partial charge in [0.1, 0.15) is 19.4 Å². The molecule has 0 aromatic heterocycles. The zero-order valence-electron chi connectivity index (χ0n) is 29.8. The summed E-state index contributed by atoms with van der Waals surface area (Å²) in [5.74, 6) is 1.07. The van der Waals surface area contributed by atoms with Crippen molar-refractivity contribution in [1.29, 1.82) is 0 Å². The van der Waals surface area contributed by atoms with Crippen LogP contribution in [-0.2, 0) is 26.1 Å². The topological polar surface area (TPSA) is 136 Å². The number of nitro groups is 1. The summed E-state index contributed by atoms with van der Waals surface area (Å²) in [6.07, 6.45) is 2.90. The number of nitro benzene ring substituents is 1. The summed E-state index contributed by atoms with van der Waals surface area (Å²) in [5.41, 5.74) is 6.78. The Hall–Kier alpha value is -6.46. The number of fused-ring (bicyclic) bond motifs is 8. The summed E-state index contributed by atoms with van der Waals surface area (Å²) in [7, 11) is 5.71. The van der Waals surface area contributed by atoms with E-state index in [0.29, 0.717) is 69.5 Å². The van der Waals surface area contributed by atoms with Gasteiger partial charge in [0.05, 0.1) is 47.7 Å². The molecule has 0 saturated heterocycles. The van der Waals surface area contributed by atoms with Crippen LogP contribution in [0.3, 0.4) is 0 Å². The standard InChI is InChI=1S/C41H34N5O8P/c1-51-35-16-29-31(42-20-28-14-25-7-3-5-9-32(25)43(28)40(29)47)18-37(35)53-21-23-11-24(13-27(12-23)46(49)50)22-54-38-19-34-30(17-36(38)52-2)41(48)44-33-10-6-4-8-26(33)15-39(44)45(34)55/h3-13,16-20,28,39H,14-15,21-22,55H2,1-2H3. The second kappa shape index (κ2) is 13.4. The number of para-hydroxylation sites is 2. The fraction of sp³-hybridized carbons (Fsp3) is 0.195. The first kappa shape index (κ1) is 34.3. The number of carbonyl (C=O) groups excluding carboxylic acids is 2. The minimum atomic E-state index is -0.469. The molecule has 0 fully saturated rings. The van der Waals surface area contributed by atoms with Crippen molar-refractivity contribution in [1.82, 2.24) is 0 Å². The molecule has 2 amide bonds. The van der Waals surface area contributed by atoms with Gasteiger partial charge in [-0.2, -0.15) is 0 Å². The summed E-state index contributed by atoms with van der Waals surface area (Å²) in [6.45, 7) is -0.0778. The van der Waals surface area contributed by atoms with Gasteiger partial charge >= 0.3 is 0 Å². The van der Waals surface area contributed by atoms with Gasteiger partial charge in [-0.15, -0.1) is 0 Å². The highest BCUT2D eigenvalue weighted by Gasteiger charge is 2.43. The number of ether oxygens (including phenoxy) is 4. The molecular weight excluding hydrogens is 721 g/mol. The Morgan fingerprint density at radius 1 is 0.727 bits per heavy atom. The lowest BCUT2D eigenvalue weighted by atomic mass is 10.1. The second-order valence-electron chi connectivity index (χ2n) is 13.6. The van der Waals surface area contributed by atoms with E-state index >= 15 is 0 Å². The monoisotopic (exact) mass is 755 g/mol. The van der Waals surface area contributed by atoms with Crippen molar-refractivity contribution in [3.8, 4) is 23.0 Å². The molecule has 0 saturated carbocycles. The van der Waals surface area contributed by atoms with Crippen LogP contribution < -0.4 is 33.4 Å². The number of rotatable bonds is 9. The third kappa shape index (κ3) is 5.79. The quantitative estimate of drug-likeness (QED) is 0.0870. The van der Waals surface area contributed by atoms with Gasteiger partial charge in [-0.25, -0.2) is 0 Å². The molecule has 9 rings (SSSR count). The van der Waals surface area contributed by atoms with Gasteiger partial charge in [-0.3, -0.25) is 34.5 Å². The Bertz CT molecular complexity index is 2470. The maximum Gasteiger partial charge on any atom is 0.270 e. The van der Waals surface area contributed by atoms with Crippen LogP contribution >= 0.6 is 9.39 Å². The molecule has 13 nitrogen and oxygen atoms in total. The first-order valence-corrected chi connectivity index (χ1v) is 18.1. The fourth-order valence-electron chi connectivity index (χ4n) is 7.86. The third-order valence-corrected chi connectivity index (χ3v) is 11.1. The maximum absolute atomic E-state index is 13.8. The van der Waals surface area contributed by atoms with Crippen molar-refractivity contribution in [2.24, 2.45) is 4.99 Å². The van der Waals surface area contributed by atoms with Crippen LogP contribution in [0.2, 0.25) is 0 Å². The number of methoxy groups -OCH3 is 2. The number of nitrogens with zero attached hydrogens (tertiary/aromatic N) is 5. The molecule has 0 radical (unpaired) electrons. The summed E-state index contributed by atoms with van der Waals surface area (Å²) in [5, 5.41) is 12.0. The maximum atomic E-state index is 13.8. The van der Waals surface area contributed by atoms with Gasteiger partial charge in [0.15, 0.2) is 23.0 Å². The van der Waals surface area contributed by atoms with Gasteiger partial charge in [-0.1, -0.05) is 36.4 Å². The van der Waals surface area contributed by atoms with E-state index in [1.165, 1.54) is 26.4 Å². The first-order valence-electron chi connectivity index (χ1n) is 17.6. The summed E-state index contributed by atoms with van der Waals surface area (Å²) in [6, 6.07) is 26.8. The number of carbonyl (C=O) groups is 2. The number of amides is 2. The van der Waals surface area contributed by atoms with E-state index in [1.54, 1.807) is 46.3 Å². The van der Waals surface area contributed by atoms with Crippen LogP contribution in [0.1, 0.15) is 43.0 Å². The molecule has 4 aliphatic heterocycles. The highest BCUT2D eigenvalue weighted by molar-refractivity contribution is 7.19. The normalized spacial score (nSPS) is 17.4. The Morgan fingerprint density at radius 2 is 1.31 bits per heavy atom. The first-order chi connectivity index (χ1) is 26.7. The molecule has 3 atom stereocenters. The van der Waals surface area contributed by atoms with E-state index in [0.717, 1.165) is 22.5 Å². The minimum Gasteiger partial charge on any atom is -0.493 e. The largest absolute Gasteiger partial charge is 0.493 e. The summed E-state index contributed by atoms with van der Waals surface area (Å²) < 4.78 is 25.7. The van der Waals surface area contributed by atoms with Gasteiger partial charge in [-0.05, 0) is 62.0 Å². The molecule has 0 aliphatic carbocycles. The lowest BCUT2D eigenvalue weighted by Crippen LogP contribution is -2.50. The molecule has 276 valence electrons. The molecule has 0 bridgehead atoms. The number of aliphatic imine (C=N–C) groups is 1. The van der Waals surface area contributed by atoms with E-state index in [1.807, 2.05) is 53.2 Å². The van der Waals surface area contributed by atoms with Crippen LogP contribution in [-0.4, -0.2) is 49.4 Å². The Balaban J connectivity index is 0.956. The zero-order valence-corrected chi connectivity index (χ0v) is 31.0. The van der Waals surface area contributed by atoms with Gasteiger partial charge in [0, 0.05) is 54.7 Å². The molecule has 5 aromatic carbocycles. The average Bonchev–Trinajstić information content (AvgIpc) is 3.75.